The molecule has 146 valence electrons. The van der Waals surface area contributed by atoms with Crippen LogP contribution in [0.4, 0.5) is 0 Å². The normalized spacial score (nSPS) is 23.0. The van der Waals surface area contributed by atoms with Crippen LogP contribution in [0.2, 0.25) is 0 Å². The number of hydrogen-bond acceptors (Lipinski definition) is 4. The van der Waals surface area contributed by atoms with Crippen LogP contribution in [0, 0.1) is 11.8 Å². The summed E-state index contributed by atoms with van der Waals surface area (Å²) in [5.74, 6) is 0.334. The fourth-order valence-corrected chi connectivity index (χ4v) is 3.37. The van der Waals surface area contributed by atoms with E-state index in [1.165, 1.54) is 0 Å². The molecule has 1 aliphatic carbocycles. The minimum absolute atomic E-state index is 0.0106. The summed E-state index contributed by atoms with van der Waals surface area (Å²) in [5.41, 5.74) is -0.857. The van der Waals surface area contributed by atoms with Gasteiger partial charge < -0.3 is 10.2 Å². The third kappa shape index (κ3) is 7.79. The lowest BCUT2D eigenvalue weighted by Gasteiger charge is -2.22. The summed E-state index contributed by atoms with van der Waals surface area (Å²) in [7, 11) is 0. The Hall–Kier alpha value is -1.52. The minimum atomic E-state index is -0.857. The third-order valence-corrected chi connectivity index (χ3v) is 5.18. The predicted molar refractivity (Wildman–Crippen MR) is 105 cm³/mol. The van der Waals surface area contributed by atoms with Gasteiger partial charge in [0, 0.05) is 18.8 Å². The van der Waals surface area contributed by atoms with E-state index in [1.54, 1.807) is 6.08 Å². The summed E-state index contributed by atoms with van der Waals surface area (Å²) in [4.78, 5) is 23.2. The molecule has 1 aliphatic rings. The molecule has 0 aromatic heterocycles. The van der Waals surface area contributed by atoms with Crippen molar-refractivity contribution in [1.29, 1.82) is 0 Å². The molecule has 0 aromatic carbocycles. The van der Waals surface area contributed by atoms with Crippen molar-refractivity contribution in [2.24, 2.45) is 11.8 Å². The van der Waals surface area contributed by atoms with E-state index >= 15 is 0 Å². The van der Waals surface area contributed by atoms with Crippen LogP contribution >= 0.6 is 0 Å². The SMILES string of the molecule is C=CC(O)(CC=C[C@H]1CCC(=O)[C@@H]1CC=CCCC(=O)CO)CCCC. The monoisotopic (exact) mass is 362 g/mol. The molecule has 0 aliphatic heterocycles. The Morgan fingerprint density at radius 1 is 1.35 bits per heavy atom. The molecule has 1 unspecified atom stereocenters. The van der Waals surface area contributed by atoms with Gasteiger partial charge in [-0.3, -0.25) is 9.59 Å². The average Bonchev–Trinajstić information content (AvgIpc) is 2.99. The van der Waals surface area contributed by atoms with Crippen molar-refractivity contribution in [3.63, 3.8) is 0 Å². The van der Waals surface area contributed by atoms with Crippen molar-refractivity contribution in [1.82, 2.24) is 0 Å². The van der Waals surface area contributed by atoms with E-state index in [9.17, 15) is 14.7 Å². The number of aliphatic hydroxyl groups excluding tert-OH is 1. The molecule has 2 N–H and O–H groups in total. The number of allylic oxidation sites excluding steroid dienone is 3. The molecular weight excluding hydrogens is 328 g/mol. The van der Waals surface area contributed by atoms with Crippen molar-refractivity contribution in [2.45, 2.75) is 70.3 Å². The second-order valence-electron chi connectivity index (χ2n) is 7.26. The highest BCUT2D eigenvalue weighted by Crippen LogP contribution is 2.33. The molecule has 0 radical (unpaired) electrons. The molecule has 0 spiro atoms. The molecule has 4 nitrogen and oxygen atoms in total. The van der Waals surface area contributed by atoms with Crippen molar-refractivity contribution in [2.75, 3.05) is 6.61 Å². The van der Waals surface area contributed by atoms with Gasteiger partial charge >= 0.3 is 0 Å². The summed E-state index contributed by atoms with van der Waals surface area (Å²) in [6.07, 6.45) is 15.9. The lowest BCUT2D eigenvalue weighted by molar-refractivity contribution is -0.122. The molecular formula is C22H34O4. The van der Waals surface area contributed by atoms with Gasteiger partial charge in [-0.1, -0.05) is 50.1 Å². The predicted octanol–water partition coefficient (Wildman–Crippen LogP) is 3.92. The van der Waals surface area contributed by atoms with Crippen LogP contribution < -0.4 is 0 Å². The molecule has 26 heavy (non-hydrogen) atoms. The largest absolute Gasteiger partial charge is 0.389 e. The summed E-state index contributed by atoms with van der Waals surface area (Å²) in [5, 5.41) is 19.2. The first-order chi connectivity index (χ1) is 12.5. The van der Waals surface area contributed by atoms with Crippen LogP contribution in [0.15, 0.2) is 37.0 Å². The maximum Gasteiger partial charge on any atom is 0.158 e. The Bertz CT molecular complexity index is 520. The van der Waals surface area contributed by atoms with E-state index in [0.717, 1.165) is 19.3 Å². The summed E-state index contributed by atoms with van der Waals surface area (Å²) in [6, 6.07) is 0. The van der Waals surface area contributed by atoms with Crippen molar-refractivity contribution >= 4 is 11.6 Å². The number of ketones is 2. The van der Waals surface area contributed by atoms with Crippen molar-refractivity contribution < 1.29 is 19.8 Å². The second-order valence-corrected chi connectivity index (χ2v) is 7.26. The molecule has 1 fully saturated rings. The fourth-order valence-electron chi connectivity index (χ4n) is 3.37. The Balaban J connectivity index is 2.51. The zero-order chi connectivity index (χ0) is 19.4. The van der Waals surface area contributed by atoms with Gasteiger partial charge in [0.15, 0.2) is 5.78 Å². The van der Waals surface area contributed by atoms with Crippen molar-refractivity contribution in [3.8, 4) is 0 Å². The Kier molecular flexibility index (Phi) is 10.4. The number of hydrogen-bond donors (Lipinski definition) is 2. The molecule has 1 saturated carbocycles. The van der Waals surface area contributed by atoms with E-state index < -0.39 is 12.2 Å². The number of rotatable bonds is 13. The first-order valence-electron chi connectivity index (χ1n) is 9.78. The maximum absolute atomic E-state index is 12.1. The molecule has 0 heterocycles. The first-order valence-corrected chi connectivity index (χ1v) is 9.78. The second kappa shape index (κ2) is 12.0. The van der Waals surface area contributed by atoms with Gasteiger partial charge in [-0.15, -0.1) is 6.58 Å². The van der Waals surface area contributed by atoms with Gasteiger partial charge in [0.2, 0.25) is 0 Å². The van der Waals surface area contributed by atoms with E-state index in [1.807, 2.05) is 18.2 Å². The van der Waals surface area contributed by atoms with Gasteiger partial charge in [-0.2, -0.15) is 0 Å². The van der Waals surface area contributed by atoms with Crippen LogP contribution in [-0.4, -0.2) is 34.0 Å². The molecule has 0 bridgehead atoms. The Labute approximate surface area is 157 Å². The number of Topliss-reactive ketones (excluding diaryl/α,β-unsaturated/α-hetero) is 2. The standard InChI is InChI=1S/C22H34O4/c1-3-5-15-22(26,4-2)16-9-10-18-13-14-21(25)20(18)12-8-6-7-11-19(24)17-23/h4,6,8-10,18,20,23,26H,2-3,5,7,11-17H2,1H3/t18-,20+,22?/m0/s1. The van der Waals surface area contributed by atoms with Crippen LogP contribution in [-0.2, 0) is 9.59 Å². The third-order valence-electron chi connectivity index (χ3n) is 5.18. The first kappa shape index (κ1) is 22.5. The van der Waals surface area contributed by atoms with Crippen LogP contribution in [0.3, 0.4) is 0 Å². The van der Waals surface area contributed by atoms with Crippen molar-refractivity contribution in [3.05, 3.63) is 37.0 Å². The van der Waals surface area contributed by atoms with Crippen LogP contribution in [0.25, 0.3) is 0 Å². The highest BCUT2D eigenvalue weighted by Gasteiger charge is 2.32. The topological polar surface area (TPSA) is 74.6 Å². The van der Waals surface area contributed by atoms with E-state index in [2.05, 4.69) is 19.6 Å². The van der Waals surface area contributed by atoms with Gasteiger partial charge in [-0.25, -0.2) is 0 Å². The quantitative estimate of drug-likeness (QED) is 0.487. The van der Waals surface area contributed by atoms with E-state index in [0.29, 0.717) is 44.3 Å². The fraction of sp³-hybridized carbons (Fsp3) is 0.636. The number of aliphatic hydroxyl groups is 2. The minimum Gasteiger partial charge on any atom is -0.389 e. The maximum atomic E-state index is 12.1. The van der Waals surface area contributed by atoms with Crippen LogP contribution in [0.5, 0.6) is 0 Å². The Morgan fingerprint density at radius 3 is 2.77 bits per heavy atom. The summed E-state index contributed by atoms with van der Waals surface area (Å²) >= 11 is 0. The molecule has 3 atom stereocenters. The van der Waals surface area contributed by atoms with E-state index in [-0.39, 0.29) is 17.6 Å². The summed E-state index contributed by atoms with van der Waals surface area (Å²) < 4.78 is 0. The average molecular weight is 363 g/mol. The zero-order valence-corrected chi connectivity index (χ0v) is 16.0. The smallest absolute Gasteiger partial charge is 0.158 e. The van der Waals surface area contributed by atoms with Crippen LogP contribution in [0.1, 0.15) is 64.7 Å². The van der Waals surface area contributed by atoms with Gasteiger partial charge in [0.05, 0.1) is 5.60 Å². The molecule has 0 amide bonds. The molecule has 1 rings (SSSR count). The zero-order valence-electron chi connectivity index (χ0n) is 16.0. The van der Waals surface area contributed by atoms with Gasteiger partial charge in [0.1, 0.15) is 12.4 Å². The highest BCUT2D eigenvalue weighted by atomic mass is 16.3. The van der Waals surface area contributed by atoms with Gasteiger partial charge in [-0.05, 0) is 38.0 Å². The van der Waals surface area contributed by atoms with Gasteiger partial charge in [0.25, 0.3) is 0 Å². The molecule has 0 saturated heterocycles. The number of unbranched alkanes of at least 4 members (excludes halogenated alkanes) is 1. The summed E-state index contributed by atoms with van der Waals surface area (Å²) in [6.45, 7) is 5.45. The number of carbonyl (C=O) groups excluding carboxylic acids is 2. The lowest BCUT2D eigenvalue weighted by Crippen LogP contribution is -2.24. The Morgan fingerprint density at radius 2 is 2.12 bits per heavy atom. The van der Waals surface area contributed by atoms with E-state index in [4.69, 9.17) is 5.11 Å². The molecule has 0 aromatic rings. The highest BCUT2D eigenvalue weighted by molar-refractivity contribution is 5.84. The number of carbonyl (C=O) groups is 2. The molecule has 4 heteroatoms. The lowest BCUT2D eigenvalue weighted by atomic mass is 9.89.